The van der Waals surface area contributed by atoms with Crippen molar-refractivity contribution in [1.82, 2.24) is 4.90 Å². The van der Waals surface area contributed by atoms with Crippen LogP contribution in [0.5, 0.6) is 0 Å². The number of carbonyl (C=O) groups excluding carboxylic acids is 2. The monoisotopic (exact) mass is 316 g/mol. The number of benzene rings is 2. The molecule has 2 aromatic carbocycles. The molecule has 6 heteroatoms. The zero-order valence-corrected chi connectivity index (χ0v) is 12.7. The second-order valence-corrected chi connectivity index (χ2v) is 4.92. The summed E-state index contributed by atoms with van der Waals surface area (Å²) in [7, 11) is 1.44. The molecule has 0 aliphatic carbocycles. The topological polar surface area (TPSA) is 58.6 Å². The molecular formula is C17H17FN2O3. The number of nitrogens with one attached hydrogen (secondary N) is 1. The Morgan fingerprint density at radius 2 is 1.74 bits per heavy atom. The molecule has 23 heavy (non-hydrogen) atoms. The zero-order chi connectivity index (χ0) is 16.7. The van der Waals surface area contributed by atoms with Gasteiger partial charge in [-0.05, 0) is 17.7 Å². The van der Waals surface area contributed by atoms with Crippen LogP contribution in [-0.4, -0.2) is 30.5 Å². The molecule has 5 nitrogen and oxygen atoms in total. The summed E-state index contributed by atoms with van der Waals surface area (Å²) in [6.07, 6.45) is -0.627. The number of nitrogens with zero attached hydrogens (tertiary/aromatic N) is 1. The molecule has 2 aromatic rings. The standard InChI is InChI=1S/C17H17FN2O3/c1-20(17(22)23-12-13-7-3-2-4-8-13)11-16(21)19-15-10-6-5-9-14(15)18/h2-10H,11-12H2,1H3,(H,19,21). The summed E-state index contributed by atoms with van der Waals surface area (Å²) in [5.41, 5.74) is 0.925. The highest BCUT2D eigenvalue weighted by molar-refractivity contribution is 5.93. The normalized spacial score (nSPS) is 10.0. The van der Waals surface area contributed by atoms with Gasteiger partial charge in [-0.3, -0.25) is 4.79 Å². The van der Waals surface area contributed by atoms with Gasteiger partial charge in [-0.1, -0.05) is 42.5 Å². The number of rotatable bonds is 5. The third kappa shape index (κ3) is 5.10. The van der Waals surface area contributed by atoms with E-state index >= 15 is 0 Å². The molecule has 2 rings (SSSR count). The van der Waals surface area contributed by atoms with Gasteiger partial charge in [0, 0.05) is 7.05 Å². The highest BCUT2D eigenvalue weighted by Gasteiger charge is 2.15. The fraction of sp³-hybridized carbons (Fsp3) is 0.176. The van der Waals surface area contributed by atoms with Crippen LogP contribution in [0.1, 0.15) is 5.56 Å². The number of likely N-dealkylation sites (N-methyl/N-ethyl adjacent to an activating group) is 1. The Labute approximate surface area is 133 Å². The van der Waals surface area contributed by atoms with Gasteiger partial charge in [0.1, 0.15) is 19.0 Å². The maximum absolute atomic E-state index is 13.4. The molecule has 0 bridgehead atoms. The first-order valence-corrected chi connectivity index (χ1v) is 7.02. The van der Waals surface area contributed by atoms with E-state index in [-0.39, 0.29) is 18.8 Å². The lowest BCUT2D eigenvalue weighted by Crippen LogP contribution is -2.35. The second kappa shape index (κ2) is 7.93. The number of carbonyl (C=O) groups is 2. The van der Waals surface area contributed by atoms with E-state index in [1.54, 1.807) is 6.07 Å². The van der Waals surface area contributed by atoms with E-state index in [4.69, 9.17) is 4.74 Å². The van der Waals surface area contributed by atoms with E-state index in [2.05, 4.69) is 5.32 Å². The number of anilines is 1. The highest BCUT2D eigenvalue weighted by Crippen LogP contribution is 2.12. The molecule has 2 amide bonds. The van der Waals surface area contributed by atoms with Crippen molar-refractivity contribution in [2.45, 2.75) is 6.61 Å². The van der Waals surface area contributed by atoms with E-state index in [1.807, 2.05) is 30.3 Å². The second-order valence-electron chi connectivity index (χ2n) is 4.92. The Morgan fingerprint density at radius 1 is 1.09 bits per heavy atom. The Kier molecular flexibility index (Phi) is 5.68. The predicted molar refractivity (Wildman–Crippen MR) is 84.3 cm³/mol. The van der Waals surface area contributed by atoms with Crippen LogP contribution in [0.2, 0.25) is 0 Å². The van der Waals surface area contributed by atoms with E-state index in [0.29, 0.717) is 0 Å². The molecule has 0 radical (unpaired) electrons. The van der Waals surface area contributed by atoms with Gasteiger partial charge in [0.15, 0.2) is 0 Å². The van der Waals surface area contributed by atoms with Crippen LogP contribution in [0.3, 0.4) is 0 Å². The van der Waals surface area contributed by atoms with Crippen LogP contribution in [-0.2, 0) is 16.1 Å². The largest absolute Gasteiger partial charge is 0.445 e. The van der Waals surface area contributed by atoms with E-state index < -0.39 is 17.8 Å². The highest BCUT2D eigenvalue weighted by atomic mass is 19.1. The first-order valence-electron chi connectivity index (χ1n) is 7.02. The van der Waals surface area contributed by atoms with Crippen molar-refractivity contribution in [3.63, 3.8) is 0 Å². The quantitative estimate of drug-likeness (QED) is 0.922. The molecule has 120 valence electrons. The third-order valence-electron chi connectivity index (χ3n) is 3.05. The van der Waals surface area contributed by atoms with Gasteiger partial charge in [-0.15, -0.1) is 0 Å². The predicted octanol–water partition coefficient (Wildman–Crippen LogP) is 3.03. The van der Waals surface area contributed by atoms with Crippen molar-refractivity contribution in [2.75, 3.05) is 18.9 Å². The molecule has 0 unspecified atom stereocenters. The SMILES string of the molecule is CN(CC(=O)Nc1ccccc1F)C(=O)OCc1ccccc1. The Bertz CT molecular complexity index is 677. The molecule has 0 heterocycles. The molecule has 0 saturated carbocycles. The maximum atomic E-state index is 13.4. The van der Waals surface area contributed by atoms with Crippen molar-refractivity contribution in [1.29, 1.82) is 0 Å². The molecule has 0 saturated heterocycles. The Balaban J connectivity index is 1.81. The molecule has 0 atom stereocenters. The van der Waals surface area contributed by atoms with Crippen LogP contribution < -0.4 is 5.32 Å². The van der Waals surface area contributed by atoms with Crippen LogP contribution >= 0.6 is 0 Å². The summed E-state index contributed by atoms with van der Waals surface area (Å²) in [6, 6.07) is 15.0. The van der Waals surface area contributed by atoms with Gasteiger partial charge in [0.25, 0.3) is 0 Å². The minimum Gasteiger partial charge on any atom is -0.445 e. The molecule has 0 aromatic heterocycles. The summed E-state index contributed by atoms with van der Waals surface area (Å²) in [4.78, 5) is 24.8. The molecule has 1 N–H and O–H groups in total. The average molecular weight is 316 g/mol. The Morgan fingerprint density at radius 3 is 2.43 bits per heavy atom. The summed E-state index contributed by atoms with van der Waals surface area (Å²) in [5, 5.41) is 2.41. The summed E-state index contributed by atoms with van der Waals surface area (Å²) < 4.78 is 18.5. The van der Waals surface area contributed by atoms with Crippen molar-refractivity contribution in [3.8, 4) is 0 Å². The fourth-order valence-electron chi connectivity index (χ4n) is 1.86. The first-order chi connectivity index (χ1) is 11.1. The lowest BCUT2D eigenvalue weighted by Gasteiger charge is -2.16. The number of para-hydroxylation sites is 1. The van der Waals surface area contributed by atoms with Crippen molar-refractivity contribution < 1.29 is 18.7 Å². The summed E-state index contributed by atoms with van der Waals surface area (Å²) >= 11 is 0. The average Bonchev–Trinajstić information content (AvgIpc) is 2.55. The van der Waals surface area contributed by atoms with Gasteiger partial charge in [0.2, 0.25) is 5.91 Å². The lowest BCUT2D eigenvalue weighted by molar-refractivity contribution is -0.116. The van der Waals surface area contributed by atoms with Crippen molar-refractivity contribution in [2.24, 2.45) is 0 Å². The van der Waals surface area contributed by atoms with Crippen LogP contribution in [0, 0.1) is 5.82 Å². The van der Waals surface area contributed by atoms with Crippen molar-refractivity contribution >= 4 is 17.7 Å². The Hall–Kier alpha value is -2.89. The smallest absolute Gasteiger partial charge is 0.410 e. The molecule has 0 spiro atoms. The van der Waals surface area contributed by atoms with Crippen LogP contribution in [0.25, 0.3) is 0 Å². The van der Waals surface area contributed by atoms with Gasteiger partial charge >= 0.3 is 6.09 Å². The summed E-state index contributed by atoms with van der Waals surface area (Å²) in [6.45, 7) is -0.110. The van der Waals surface area contributed by atoms with E-state index in [1.165, 1.54) is 25.2 Å². The van der Waals surface area contributed by atoms with Crippen molar-refractivity contribution in [3.05, 3.63) is 66.0 Å². The van der Waals surface area contributed by atoms with E-state index in [9.17, 15) is 14.0 Å². The van der Waals surface area contributed by atoms with Gasteiger partial charge in [-0.2, -0.15) is 0 Å². The van der Waals surface area contributed by atoms with Gasteiger partial charge in [0.05, 0.1) is 5.69 Å². The maximum Gasteiger partial charge on any atom is 0.410 e. The number of ether oxygens (including phenoxy) is 1. The number of amides is 2. The molecule has 0 aliphatic heterocycles. The minimum absolute atomic E-state index is 0.0727. The van der Waals surface area contributed by atoms with Crippen LogP contribution in [0.4, 0.5) is 14.9 Å². The van der Waals surface area contributed by atoms with Gasteiger partial charge < -0.3 is 15.0 Å². The van der Waals surface area contributed by atoms with E-state index in [0.717, 1.165) is 10.5 Å². The number of hydrogen-bond acceptors (Lipinski definition) is 3. The zero-order valence-electron chi connectivity index (χ0n) is 12.7. The molecular weight excluding hydrogens is 299 g/mol. The lowest BCUT2D eigenvalue weighted by atomic mass is 10.2. The minimum atomic E-state index is -0.627. The molecule has 0 fully saturated rings. The number of hydrogen-bond donors (Lipinski definition) is 1. The fourth-order valence-corrected chi connectivity index (χ4v) is 1.86. The first kappa shape index (κ1) is 16.5. The molecule has 0 aliphatic rings. The third-order valence-corrected chi connectivity index (χ3v) is 3.05. The number of halogens is 1. The summed E-state index contributed by atoms with van der Waals surface area (Å²) in [5.74, 6) is -1.04. The van der Waals surface area contributed by atoms with Gasteiger partial charge in [-0.25, -0.2) is 9.18 Å². The van der Waals surface area contributed by atoms with Crippen LogP contribution in [0.15, 0.2) is 54.6 Å².